The molecule has 1 aliphatic rings. The zero-order valence-electron chi connectivity index (χ0n) is 14.8. The fourth-order valence-corrected chi connectivity index (χ4v) is 5.62. The fraction of sp³-hybridized carbons (Fsp3) is 0.350. The lowest BCUT2D eigenvalue weighted by Gasteiger charge is -2.17. The number of aryl methyl sites for hydroxylation is 2. The Labute approximate surface area is 161 Å². The molecule has 134 valence electrons. The number of thiophene rings is 1. The second-order valence-corrected chi connectivity index (χ2v) is 8.64. The fourth-order valence-electron chi connectivity index (χ4n) is 3.36. The molecule has 2 aromatic heterocycles. The zero-order chi connectivity index (χ0) is 17.9. The number of benzene rings is 1. The quantitative estimate of drug-likeness (QED) is 0.486. The van der Waals surface area contributed by atoms with Crippen LogP contribution >= 0.6 is 23.1 Å². The van der Waals surface area contributed by atoms with Crippen molar-refractivity contribution >= 4 is 39.2 Å². The van der Waals surface area contributed by atoms with Gasteiger partial charge in [0, 0.05) is 23.9 Å². The van der Waals surface area contributed by atoms with Crippen LogP contribution in [-0.2, 0) is 24.2 Å². The summed E-state index contributed by atoms with van der Waals surface area (Å²) in [4.78, 5) is 25.8. The lowest BCUT2D eigenvalue weighted by Crippen LogP contribution is -2.27. The van der Waals surface area contributed by atoms with E-state index in [-0.39, 0.29) is 5.91 Å². The summed E-state index contributed by atoms with van der Waals surface area (Å²) in [6, 6.07) is 10.1. The minimum absolute atomic E-state index is 0.120. The Hall–Kier alpha value is -1.92. The largest absolute Gasteiger partial charge is 0.341 e. The van der Waals surface area contributed by atoms with Crippen LogP contribution in [0.3, 0.4) is 0 Å². The van der Waals surface area contributed by atoms with E-state index in [1.54, 1.807) is 22.6 Å². The first-order chi connectivity index (χ1) is 12.7. The molecule has 1 aliphatic carbocycles. The number of hydrogen-bond acceptors (Lipinski definition) is 5. The summed E-state index contributed by atoms with van der Waals surface area (Å²) >= 11 is 3.34. The van der Waals surface area contributed by atoms with Crippen molar-refractivity contribution in [2.24, 2.45) is 0 Å². The molecule has 0 bridgehead atoms. The number of hydrogen-bond donors (Lipinski definition) is 0. The Morgan fingerprint density at radius 3 is 2.85 bits per heavy atom. The van der Waals surface area contributed by atoms with E-state index in [1.807, 2.05) is 37.4 Å². The number of carbonyl (C=O) groups excluding carboxylic acids is 1. The van der Waals surface area contributed by atoms with Gasteiger partial charge in [-0.05, 0) is 36.8 Å². The van der Waals surface area contributed by atoms with Crippen molar-refractivity contribution in [1.29, 1.82) is 0 Å². The van der Waals surface area contributed by atoms with Crippen molar-refractivity contribution in [3.63, 3.8) is 0 Å². The molecule has 0 saturated carbocycles. The van der Waals surface area contributed by atoms with Crippen LogP contribution in [0.5, 0.6) is 0 Å². The van der Waals surface area contributed by atoms with Crippen molar-refractivity contribution < 1.29 is 4.79 Å². The Bertz CT molecular complexity index is 923. The third kappa shape index (κ3) is 3.62. The summed E-state index contributed by atoms with van der Waals surface area (Å²) in [6.45, 7) is 0.632. The Morgan fingerprint density at radius 1 is 1.19 bits per heavy atom. The average Bonchev–Trinajstić information content (AvgIpc) is 3.06. The molecule has 0 unspecified atom stereocenters. The van der Waals surface area contributed by atoms with E-state index in [9.17, 15) is 4.79 Å². The van der Waals surface area contributed by atoms with E-state index < -0.39 is 0 Å². The standard InChI is InChI=1S/C20H21N3OS2/c1-23(11-14-7-3-2-4-8-14)17(24)12-25-19-18-15-9-5-6-10-16(15)26-20(18)22-13-21-19/h2-4,7-8,13H,5-6,9-12H2,1H3. The number of fused-ring (bicyclic) bond motifs is 3. The minimum Gasteiger partial charge on any atom is -0.341 e. The first-order valence-corrected chi connectivity index (χ1v) is 10.7. The third-order valence-corrected chi connectivity index (χ3v) is 6.91. The molecule has 0 fully saturated rings. The second-order valence-electron chi connectivity index (χ2n) is 6.59. The monoisotopic (exact) mass is 383 g/mol. The maximum Gasteiger partial charge on any atom is 0.233 e. The summed E-state index contributed by atoms with van der Waals surface area (Å²) in [7, 11) is 1.86. The summed E-state index contributed by atoms with van der Waals surface area (Å²) in [5, 5.41) is 2.14. The predicted octanol–water partition coefficient (Wildman–Crippen LogP) is 4.32. The molecule has 0 spiro atoms. The Kier molecular flexibility index (Phi) is 5.22. The van der Waals surface area contributed by atoms with Crippen LogP contribution in [0.15, 0.2) is 41.7 Å². The van der Waals surface area contributed by atoms with Gasteiger partial charge < -0.3 is 4.90 Å². The van der Waals surface area contributed by atoms with Crippen molar-refractivity contribution in [2.75, 3.05) is 12.8 Å². The highest BCUT2D eigenvalue weighted by Crippen LogP contribution is 2.39. The molecule has 4 rings (SSSR count). The number of rotatable bonds is 5. The van der Waals surface area contributed by atoms with Gasteiger partial charge in [-0.1, -0.05) is 42.1 Å². The zero-order valence-corrected chi connectivity index (χ0v) is 16.4. The number of carbonyl (C=O) groups is 1. The predicted molar refractivity (Wildman–Crippen MR) is 108 cm³/mol. The van der Waals surface area contributed by atoms with E-state index >= 15 is 0 Å². The van der Waals surface area contributed by atoms with Gasteiger partial charge in [-0.25, -0.2) is 9.97 Å². The van der Waals surface area contributed by atoms with Crippen LogP contribution in [0, 0.1) is 0 Å². The number of aromatic nitrogens is 2. The molecule has 0 saturated heterocycles. The highest BCUT2D eigenvalue weighted by Gasteiger charge is 2.20. The van der Waals surface area contributed by atoms with Gasteiger partial charge in [-0.2, -0.15) is 0 Å². The summed E-state index contributed by atoms with van der Waals surface area (Å²) in [6.07, 6.45) is 6.39. The lowest BCUT2D eigenvalue weighted by molar-refractivity contribution is -0.127. The molecule has 3 aromatic rings. The topological polar surface area (TPSA) is 46.1 Å². The molecule has 4 nitrogen and oxygen atoms in total. The molecule has 2 heterocycles. The Morgan fingerprint density at radius 2 is 2.00 bits per heavy atom. The van der Waals surface area contributed by atoms with E-state index in [1.165, 1.54) is 40.4 Å². The van der Waals surface area contributed by atoms with Crippen molar-refractivity contribution in [3.8, 4) is 0 Å². The molecule has 0 radical (unpaired) electrons. The van der Waals surface area contributed by atoms with Crippen LogP contribution < -0.4 is 0 Å². The summed E-state index contributed by atoms with van der Waals surface area (Å²) in [5.74, 6) is 0.523. The van der Waals surface area contributed by atoms with Gasteiger partial charge in [-0.3, -0.25) is 4.79 Å². The normalized spacial score (nSPS) is 13.6. The highest BCUT2D eigenvalue weighted by molar-refractivity contribution is 8.00. The first-order valence-electron chi connectivity index (χ1n) is 8.88. The van der Waals surface area contributed by atoms with E-state index in [0.717, 1.165) is 28.3 Å². The molecular weight excluding hydrogens is 362 g/mol. The molecule has 0 N–H and O–H groups in total. The van der Waals surface area contributed by atoms with Crippen molar-refractivity contribution in [1.82, 2.24) is 14.9 Å². The maximum absolute atomic E-state index is 12.5. The van der Waals surface area contributed by atoms with Crippen LogP contribution in [-0.4, -0.2) is 33.6 Å². The maximum atomic E-state index is 12.5. The van der Waals surface area contributed by atoms with Gasteiger partial charge in [0.05, 0.1) is 5.75 Å². The number of amides is 1. The van der Waals surface area contributed by atoms with Crippen LogP contribution in [0.1, 0.15) is 28.8 Å². The Balaban J connectivity index is 1.47. The van der Waals surface area contributed by atoms with Gasteiger partial charge in [0.1, 0.15) is 16.2 Å². The van der Waals surface area contributed by atoms with E-state index in [2.05, 4.69) is 9.97 Å². The molecule has 26 heavy (non-hydrogen) atoms. The molecule has 1 aromatic carbocycles. The van der Waals surface area contributed by atoms with Gasteiger partial charge in [-0.15, -0.1) is 11.3 Å². The van der Waals surface area contributed by atoms with Crippen LogP contribution in [0.25, 0.3) is 10.2 Å². The van der Waals surface area contributed by atoms with E-state index in [0.29, 0.717) is 12.3 Å². The molecular formula is C20H21N3OS2. The number of thioether (sulfide) groups is 1. The van der Waals surface area contributed by atoms with E-state index in [4.69, 9.17) is 0 Å². The SMILES string of the molecule is CN(Cc1ccccc1)C(=O)CSc1ncnc2sc3c(c12)CCCC3. The average molecular weight is 384 g/mol. The van der Waals surface area contributed by atoms with Crippen LogP contribution in [0.2, 0.25) is 0 Å². The smallest absolute Gasteiger partial charge is 0.233 e. The van der Waals surface area contributed by atoms with Crippen molar-refractivity contribution in [2.45, 2.75) is 37.3 Å². The van der Waals surface area contributed by atoms with Gasteiger partial charge in [0.15, 0.2) is 0 Å². The van der Waals surface area contributed by atoms with Crippen LogP contribution in [0.4, 0.5) is 0 Å². The molecule has 1 amide bonds. The van der Waals surface area contributed by atoms with Gasteiger partial charge in [0.25, 0.3) is 0 Å². The molecule has 0 aliphatic heterocycles. The summed E-state index contributed by atoms with van der Waals surface area (Å²) in [5.41, 5.74) is 2.56. The first kappa shape index (κ1) is 17.5. The minimum atomic E-state index is 0.120. The second kappa shape index (κ2) is 7.76. The van der Waals surface area contributed by atoms with Gasteiger partial charge in [0.2, 0.25) is 5.91 Å². The highest BCUT2D eigenvalue weighted by atomic mass is 32.2. The van der Waals surface area contributed by atoms with Gasteiger partial charge >= 0.3 is 0 Å². The number of nitrogens with zero attached hydrogens (tertiary/aromatic N) is 3. The third-order valence-electron chi connectivity index (χ3n) is 4.74. The summed E-state index contributed by atoms with van der Waals surface area (Å²) < 4.78 is 0. The van der Waals surface area contributed by atoms with Crippen molar-refractivity contribution in [3.05, 3.63) is 52.7 Å². The molecule has 0 atom stereocenters. The lowest BCUT2D eigenvalue weighted by atomic mass is 9.97. The molecule has 6 heteroatoms.